The molecule has 0 aliphatic rings. The fourth-order valence-electron chi connectivity index (χ4n) is 2.36. The molecule has 0 aliphatic heterocycles. The molecule has 4 heteroatoms. The van der Waals surface area contributed by atoms with Gasteiger partial charge in [-0.2, -0.15) is 5.10 Å². The molecular weight excluding hydrogens is 286 g/mol. The van der Waals surface area contributed by atoms with Crippen molar-refractivity contribution in [2.45, 2.75) is 52.5 Å². The van der Waals surface area contributed by atoms with Gasteiger partial charge in [0.05, 0.1) is 5.69 Å². The average molecular weight is 313 g/mol. The van der Waals surface area contributed by atoms with Crippen LogP contribution in [0.2, 0.25) is 0 Å². The van der Waals surface area contributed by atoms with Crippen molar-refractivity contribution in [1.82, 2.24) is 15.1 Å². The van der Waals surface area contributed by atoms with Gasteiger partial charge in [-0.05, 0) is 30.4 Å². The zero-order valence-corrected chi connectivity index (χ0v) is 15.0. The van der Waals surface area contributed by atoms with Crippen LogP contribution in [0.4, 0.5) is 0 Å². The summed E-state index contributed by atoms with van der Waals surface area (Å²) in [7, 11) is 1.80. The van der Waals surface area contributed by atoms with E-state index in [0.29, 0.717) is 5.69 Å². The van der Waals surface area contributed by atoms with E-state index in [1.807, 2.05) is 13.0 Å². The third-order valence-electron chi connectivity index (χ3n) is 4.15. The quantitative estimate of drug-likeness (QED) is 0.930. The molecule has 1 atom stereocenters. The molecule has 4 nitrogen and oxygen atoms in total. The summed E-state index contributed by atoms with van der Waals surface area (Å²) in [6.45, 7) is 10.6. The van der Waals surface area contributed by atoms with E-state index in [0.717, 1.165) is 17.7 Å². The van der Waals surface area contributed by atoms with Crippen LogP contribution in [0.3, 0.4) is 0 Å². The van der Waals surface area contributed by atoms with Gasteiger partial charge in [0, 0.05) is 18.7 Å². The van der Waals surface area contributed by atoms with Gasteiger partial charge in [0.2, 0.25) is 0 Å². The Balaban J connectivity index is 2.25. The molecule has 1 aromatic carbocycles. The second-order valence-corrected chi connectivity index (χ2v) is 7.15. The number of aromatic nitrogens is 2. The van der Waals surface area contributed by atoms with Crippen LogP contribution in [-0.4, -0.2) is 21.7 Å². The highest BCUT2D eigenvalue weighted by atomic mass is 16.2. The van der Waals surface area contributed by atoms with Gasteiger partial charge in [0.25, 0.3) is 5.91 Å². The van der Waals surface area contributed by atoms with E-state index in [9.17, 15) is 4.79 Å². The molecule has 1 unspecified atom stereocenters. The lowest BCUT2D eigenvalue weighted by Crippen LogP contribution is -2.33. The molecule has 1 aromatic heterocycles. The number of nitrogens with one attached hydrogen (secondary N) is 1. The van der Waals surface area contributed by atoms with Crippen molar-refractivity contribution in [3.63, 3.8) is 0 Å². The lowest BCUT2D eigenvalue weighted by Gasteiger charge is -2.18. The summed E-state index contributed by atoms with van der Waals surface area (Å²) >= 11 is 0. The molecule has 0 aliphatic carbocycles. The highest BCUT2D eigenvalue weighted by Crippen LogP contribution is 2.25. The van der Waals surface area contributed by atoms with Crippen molar-refractivity contribution in [2.75, 3.05) is 0 Å². The van der Waals surface area contributed by atoms with Crippen LogP contribution < -0.4 is 5.32 Å². The summed E-state index contributed by atoms with van der Waals surface area (Å²) in [5.41, 5.74) is 3.84. The number of amides is 1. The van der Waals surface area contributed by atoms with Gasteiger partial charge in [-0.1, -0.05) is 52.0 Å². The van der Waals surface area contributed by atoms with E-state index < -0.39 is 0 Å². The molecule has 0 radical (unpaired) electrons. The van der Waals surface area contributed by atoms with Gasteiger partial charge in [-0.15, -0.1) is 0 Å². The maximum Gasteiger partial charge on any atom is 0.269 e. The van der Waals surface area contributed by atoms with Crippen molar-refractivity contribution in [2.24, 2.45) is 7.05 Å². The summed E-state index contributed by atoms with van der Waals surface area (Å²) in [4.78, 5) is 12.3. The van der Waals surface area contributed by atoms with Crippen molar-refractivity contribution in [3.05, 3.63) is 41.6 Å². The Morgan fingerprint density at radius 3 is 2.39 bits per heavy atom. The van der Waals surface area contributed by atoms with Crippen molar-refractivity contribution < 1.29 is 4.79 Å². The van der Waals surface area contributed by atoms with E-state index in [-0.39, 0.29) is 17.4 Å². The molecule has 2 aromatic rings. The van der Waals surface area contributed by atoms with Gasteiger partial charge >= 0.3 is 0 Å². The maximum atomic E-state index is 12.3. The Kier molecular flexibility index (Phi) is 4.93. The van der Waals surface area contributed by atoms with Gasteiger partial charge in [-0.3, -0.25) is 9.48 Å². The largest absolute Gasteiger partial charge is 0.348 e. The lowest BCUT2D eigenvalue weighted by atomic mass is 9.86. The summed E-state index contributed by atoms with van der Waals surface area (Å²) in [5.74, 6) is -0.0769. The number of rotatable bonds is 4. The number of hydrogen-bond donors (Lipinski definition) is 1. The molecule has 0 fully saturated rings. The molecule has 23 heavy (non-hydrogen) atoms. The Hall–Kier alpha value is -2.10. The van der Waals surface area contributed by atoms with Crippen LogP contribution >= 0.6 is 0 Å². The predicted molar refractivity (Wildman–Crippen MR) is 94.6 cm³/mol. The minimum atomic E-state index is -0.0769. The van der Waals surface area contributed by atoms with E-state index in [4.69, 9.17) is 0 Å². The minimum Gasteiger partial charge on any atom is -0.348 e. The molecule has 0 saturated heterocycles. The monoisotopic (exact) mass is 313 g/mol. The van der Waals surface area contributed by atoms with Gasteiger partial charge in [0.15, 0.2) is 0 Å². The first kappa shape index (κ1) is 17.3. The van der Waals surface area contributed by atoms with E-state index in [1.165, 1.54) is 5.56 Å². The summed E-state index contributed by atoms with van der Waals surface area (Å²) in [6.07, 6.45) is 0.907. The van der Waals surface area contributed by atoms with E-state index >= 15 is 0 Å². The number of benzene rings is 1. The molecule has 0 spiro atoms. The zero-order chi connectivity index (χ0) is 17.2. The highest BCUT2D eigenvalue weighted by Gasteiger charge is 2.17. The summed E-state index contributed by atoms with van der Waals surface area (Å²) in [6, 6.07) is 10.4. The predicted octanol–water partition coefficient (Wildman–Crippen LogP) is 3.91. The standard InChI is InChI=1S/C19H27N3O/c1-7-13(2)20-18(23)17-12-16(21-22(17)6)14-8-10-15(11-9-14)19(3,4)5/h8-13H,7H2,1-6H3,(H,20,23). The first-order valence-corrected chi connectivity index (χ1v) is 8.18. The van der Waals surface area contributed by atoms with Crippen molar-refractivity contribution in [1.29, 1.82) is 0 Å². The zero-order valence-electron chi connectivity index (χ0n) is 15.0. The van der Waals surface area contributed by atoms with Crippen molar-refractivity contribution in [3.8, 4) is 11.3 Å². The van der Waals surface area contributed by atoms with Crippen LogP contribution in [0.15, 0.2) is 30.3 Å². The first-order chi connectivity index (χ1) is 10.7. The molecule has 1 heterocycles. The normalized spacial score (nSPS) is 13.0. The maximum absolute atomic E-state index is 12.3. The third-order valence-corrected chi connectivity index (χ3v) is 4.15. The first-order valence-electron chi connectivity index (χ1n) is 8.18. The topological polar surface area (TPSA) is 46.9 Å². The fraction of sp³-hybridized carbons (Fsp3) is 0.474. The Labute approximate surface area is 138 Å². The Morgan fingerprint density at radius 2 is 1.87 bits per heavy atom. The molecule has 124 valence electrons. The second-order valence-electron chi connectivity index (χ2n) is 7.15. The number of carbonyl (C=O) groups is 1. The van der Waals surface area contributed by atoms with Crippen LogP contribution in [0.1, 0.15) is 57.1 Å². The average Bonchev–Trinajstić information content (AvgIpc) is 2.88. The van der Waals surface area contributed by atoms with E-state index in [2.05, 4.69) is 62.4 Å². The Morgan fingerprint density at radius 1 is 1.26 bits per heavy atom. The van der Waals surface area contributed by atoms with Crippen LogP contribution in [0, 0.1) is 0 Å². The van der Waals surface area contributed by atoms with Gasteiger partial charge < -0.3 is 5.32 Å². The highest BCUT2D eigenvalue weighted by molar-refractivity contribution is 5.93. The SMILES string of the molecule is CCC(C)NC(=O)c1cc(-c2ccc(C(C)(C)C)cc2)nn1C. The van der Waals surface area contributed by atoms with Crippen LogP contribution in [-0.2, 0) is 12.5 Å². The number of hydrogen-bond acceptors (Lipinski definition) is 2. The number of nitrogens with zero attached hydrogens (tertiary/aromatic N) is 2. The fourth-order valence-corrected chi connectivity index (χ4v) is 2.36. The molecule has 1 amide bonds. The minimum absolute atomic E-state index is 0.0769. The van der Waals surface area contributed by atoms with Gasteiger partial charge in [0.1, 0.15) is 5.69 Å². The number of carbonyl (C=O) groups excluding carboxylic acids is 1. The summed E-state index contributed by atoms with van der Waals surface area (Å²) in [5, 5.41) is 7.46. The second kappa shape index (κ2) is 6.57. The van der Waals surface area contributed by atoms with Crippen molar-refractivity contribution >= 4 is 5.91 Å². The lowest BCUT2D eigenvalue weighted by molar-refractivity contribution is 0.0930. The molecule has 2 rings (SSSR count). The van der Waals surface area contributed by atoms with E-state index in [1.54, 1.807) is 11.7 Å². The third kappa shape index (κ3) is 4.01. The smallest absolute Gasteiger partial charge is 0.269 e. The van der Waals surface area contributed by atoms with Crippen LogP contribution in [0.5, 0.6) is 0 Å². The number of aryl methyl sites for hydroxylation is 1. The van der Waals surface area contributed by atoms with Crippen LogP contribution in [0.25, 0.3) is 11.3 Å². The summed E-state index contributed by atoms with van der Waals surface area (Å²) < 4.78 is 1.64. The molecular formula is C19H27N3O. The Bertz CT molecular complexity index is 678. The van der Waals surface area contributed by atoms with Gasteiger partial charge in [-0.25, -0.2) is 0 Å². The molecule has 0 saturated carbocycles. The molecule has 1 N–H and O–H groups in total. The molecule has 0 bridgehead atoms.